The number of nitrogens with one attached hydrogen (secondary N) is 1. The van der Waals surface area contributed by atoms with Gasteiger partial charge in [-0.3, -0.25) is 14.2 Å². The molecule has 0 radical (unpaired) electrons. The van der Waals surface area contributed by atoms with E-state index in [1.165, 1.54) is 0 Å². The largest absolute Gasteiger partial charge is 0.377 e. The first-order valence-corrected chi connectivity index (χ1v) is 14.5. The summed E-state index contributed by atoms with van der Waals surface area (Å²) in [4.78, 5) is 37.0. The predicted molar refractivity (Wildman–Crippen MR) is 148 cm³/mol. The summed E-state index contributed by atoms with van der Waals surface area (Å²) in [7, 11) is -3.70. The van der Waals surface area contributed by atoms with E-state index in [1.54, 1.807) is 25.7 Å². The van der Waals surface area contributed by atoms with Crippen LogP contribution in [0.4, 0.5) is 5.69 Å². The van der Waals surface area contributed by atoms with E-state index in [4.69, 9.17) is 9.26 Å². The number of carbonyl (C=O) groups is 2. The standard InChI is InChI=1S/C29H37N2O6P/c1-29(2,3)38(34,35)37-21-20-36-19-18-30-27(32)14-8-9-15-28(33)31-22-25-12-5-4-10-23(25)16-17-24-11-6-7-13-26(24)31/h4-7,10-13H,8-9,14-15,18-22H2,1-3H3,(H,30,32)(H,34,35). The number of benzene rings is 2. The molecular formula is C29H37N2O6P. The molecule has 1 atom stereocenters. The molecule has 1 unspecified atom stereocenters. The van der Waals surface area contributed by atoms with E-state index < -0.39 is 12.8 Å². The molecule has 0 spiro atoms. The first-order valence-electron chi connectivity index (χ1n) is 12.9. The molecule has 1 aliphatic rings. The molecule has 38 heavy (non-hydrogen) atoms. The Balaban J connectivity index is 1.36. The molecule has 0 saturated carbocycles. The average Bonchev–Trinajstić information content (AvgIpc) is 2.86. The number of carbonyl (C=O) groups excluding carboxylic acids is 2. The number of nitrogens with zero attached hydrogens (tertiary/aromatic N) is 1. The number of para-hydroxylation sites is 1. The molecular weight excluding hydrogens is 503 g/mol. The molecule has 1 heterocycles. The third kappa shape index (κ3) is 8.54. The van der Waals surface area contributed by atoms with Gasteiger partial charge in [0.25, 0.3) is 0 Å². The molecule has 2 aromatic rings. The summed E-state index contributed by atoms with van der Waals surface area (Å²) in [5.74, 6) is 6.32. The lowest BCUT2D eigenvalue weighted by Gasteiger charge is -2.26. The van der Waals surface area contributed by atoms with Gasteiger partial charge in [-0.05, 0) is 57.4 Å². The van der Waals surface area contributed by atoms with Gasteiger partial charge in [0.1, 0.15) is 0 Å². The molecule has 3 rings (SSSR count). The van der Waals surface area contributed by atoms with Crippen LogP contribution in [0.3, 0.4) is 0 Å². The molecule has 204 valence electrons. The summed E-state index contributed by atoms with van der Waals surface area (Å²) >= 11 is 0. The number of amides is 2. The molecule has 0 bridgehead atoms. The van der Waals surface area contributed by atoms with Gasteiger partial charge in [0.05, 0.1) is 37.2 Å². The first-order chi connectivity index (χ1) is 18.1. The van der Waals surface area contributed by atoms with E-state index in [1.807, 2.05) is 48.5 Å². The van der Waals surface area contributed by atoms with Gasteiger partial charge in [-0.25, -0.2) is 0 Å². The maximum absolute atomic E-state index is 13.2. The molecule has 0 aliphatic carbocycles. The lowest BCUT2D eigenvalue weighted by molar-refractivity contribution is -0.122. The highest BCUT2D eigenvalue weighted by atomic mass is 31.2. The minimum absolute atomic E-state index is 0.00543. The molecule has 1 aliphatic heterocycles. The maximum Gasteiger partial charge on any atom is 0.333 e. The normalized spacial score (nSPS) is 14.2. The lowest BCUT2D eigenvalue weighted by Crippen LogP contribution is -2.31. The van der Waals surface area contributed by atoms with Crippen LogP contribution in [0.5, 0.6) is 0 Å². The second-order valence-electron chi connectivity index (χ2n) is 10.1. The Morgan fingerprint density at radius 1 is 0.974 bits per heavy atom. The van der Waals surface area contributed by atoms with Crippen molar-refractivity contribution in [1.29, 1.82) is 0 Å². The van der Waals surface area contributed by atoms with Crippen molar-refractivity contribution in [3.63, 3.8) is 0 Å². The van der Waals surface area contributed by atoms with Crippen LogP contribution in [-0.2, 0) is 30.0 Å². The quantitative estimate of drug-likeness (QED) is 0.231. The third-order valence-corrected chi connectivity index (χ3v) is 8.36. The lowest BCUT2D eigenvalue weighted by atomic mass is 10.0. The first kappa shape index (κ1) is 29.6. The zero-order valence-corrected chi connectivity index (χ0v) is 23.3. The monoisotopic (exact) mass is 540 g/mol. The van der Waals surface area contributed by atoms with Crippen molar-refractivity contribution in [2.24, 2.45) is 0 Å². The van der Waals surface area contributed by atoms with Crippen LogP contribution in [0.2, 0.25) is 0 Å². The summed E-state index contributed by atoms with van der Waals surface area (Å²) < 4.78 is 22.4. The predicted octanol–water partition coefficient (Wildman–Crippen LogP) is 4.63. The average molecular weight is 541 g/mol. The third-order valence-electron chi connectivity index (χ3n) is 6.13. The number of hydrogen-bond donors (Lipinski definition) is 2. The van der Waals surface area contributed by atoms with Crippen LogP contribution in [0.25, 0.3) is 0 Å². The molecule has 8 nitrogen and oxygen atoms in total. The Bertz CT molecular complexity index is 1230. The Morgan fingerprint density at radius 2 is 1.63 bits per heavy atom. The van der Waals surface area contributed by atoms with E-state index in [-0.39, 0.29) is 31.6 Å². The minimum atomic E-state index is -3.70. The van der Waals surface area contributed by atoms with Crippen LogP contribution >= 0.6 is 7.60 Å². The van der Waals surface area contributed by atoms with Gasteiger partial charge in [0, 0.05) is 30.5 Å². The highest BCUT2D eigenvalue weighted by Crippen LogP contribution is 2.54. The topological polar surface area (TPSA) is 105 Å². The van der Waals surface area contributed by atoms with Crippen molar-refractivity contribution in [1.82, 2.24) is 5.32 Å². The fraction of sp³-hybridized carbons (Fsp3) is 0.448. The van der Waals surface area contributed by atoms with Gasteiger partial charge in [0.2, 0.25) is 11.8 Å². The molecule has 2 amide bonds. The number of fused-ring (bicyclic) bond motifs is 2. The van der Waals surface area contributed by atoms with Crippen LogP contribution in [0.1, 0.15) is 63.1 Å². The van der Waals surface area contributed by atoms with Crippen LogP contribution in [0.15, 0.2) is 48.5 Å². The fourth-order valence-electron chi connectivity index (χ4n) is 3.77. The summed E-state index contributed by atoms with van der Waals surface area (Å²) in [6.07, 6.45) is 1.85. The van der Waals surface area contributed by atoms with Crippen molar-refractivity contribution < 1.29 is 28.3 Å². The number of anilines is 1. The van der Waals surface area contributed by atoms with E-state index in [2.05, 4.69) is 17.2 Å². The molecule has 0 aromatic heterocycles. The van der Waals surface area contributed by atoms with E-state index >= 15 is 0 Å². The van der Waals surface area contributed by atoms with Gasteiger partial charge < -0.3 is 24.4 Å². The Hall–Kier alpha value is -2.95. The summed E-state index contributed by atoms with van der Waals surface area (Å²) in [5.41, 5.74) is 3.56. The number of unbranched alkanes of at least 4 members (excludes halogenated alkanes) is 1. The summed E-state index contributed by atoms with van der Waals surface area (Å²) in [5, 5.41) is 1.94. The van der Waals surface area contributed by atoms with Gasteiger partial charge >= 0.3 is 7.60 Å². The molecule has 0 saturated heterocycles. The molecule has 0 fully saturated rings. The van der Waals surface area contributed by atoms with Gasteiger partial charge in [-0.15, -0.1) is 0 Å². The smallest absolute Gasteiger partial charge is 0.333 e. The van der Waals surface area contributed by atoms with Crippen molar-refractivity contribution in [2.45, 2.75) is 58.2 Å². The van der Waals surface area contributed by atoms with Crippen molar-refractivity contribution in [3.8, 4) is 11.8 Å². The van der Waals surface area contributed by atoms with E-state index in [0.29, 0.717) is 38.8 Å². The highest BCUT2D eigenvalue weighted by Gasteiger charge is 2.35. The Morgan fingerprint density at radius 3 is 2.39 bits per heavy atom. The van der Waals surface area contributed by atoms with Crippen LogP contribution in [-0.4, -0.2) is 48.2 Å². The number of rotatable bonds is 12. The second-order valence-corrected chi connectivity index (χ2v) is 12.7. The maximum atomic E-state index is 13.2. The Labute approximate surface area is 225 Å². The minimum Gasteiger partial charge on any atom is -0.377 e. The zero-order chi connectivity index (χ0) is 27.6. The van der Waals surface area contributed by atoms with Crippen LogP contribution in [0, 0.1) is 11.8 Å². The van der Waals surface area contributed by atoms with Gasteiger partial charge in [-0.2, -0.15) is 0 Å². The number of hydrogen-bond acceptors (Lipinski definition) is 5. The Kier molecular flexibility index (Phi) is 10.7. The molecule has 2 N–H and O–H groups in total. The number of ether oxygens (including phenoxy) is 1. The van der Waals surface area contributed by atoms with E-state index in [0.717, 1.165) is 22.4 Å². The summed E-state index contributed by atoms with van der Waals surface area (Å²) in [6, 6.07) is 15.5. The summed E-state index contributed by atoms with van der Waals surface area (Å²) in [6.45, 7) is 6.16. The van der Waals surface area contributed by atoms with Crippen LogP contribution < -0.4 is 10.2 Å². The van der Waals surface area contributed by atoms with Crippen molar-refractivity contribution >= 4 is 25.1 Å². The van der Waals surface area contributed by atoms with Gasteiger partial charge in [0.15, 0.2) is 0 Å². The SMILES string of the molecule is CC(C)(C)P(=O)(O)OCCOCCNC(=O)CCCCC(=O)N1Cc2ccccc2C#Cc2ccccc21. The highest BCUT2D eigenvalue weighted by molar-refractivity contribution is 7.54. The second kappa shape index (κ2) is 13.7. The van der Waals surface area contributed by atoms with Crippen molar-refractivity contribution in [2.75, 3.05) is 31.3 Å². The van der Waals surface area contributed by atoms with Crippen molar-refractivity contribution in [3.05, 3.63) is 65.2 Å². The molecule has 9 heteroatoms. The zero-order valence-electron chi connectivity index (χ0n) is 22.4. The fourth-order valence-corrected chi connectivity index (χ4v) is 4.48. The van der Waals surface area contributed by atoms with Gasteiger partial charge in [-0.1, -0.05) is 42.2 Å². The van der Waals surface area contributed by atoms with E-state index in [9.17, 15) is 19.0 Å². The molecule has 2 aromatic carbocycles.